The Bertz CT molecular complexity index is 897. The van der Waals surface area contributed by atoms with Gasteiger partial charge in [0.25, 0.3) is 0 Å². The number of anilines is 1. The molecule has 0 spiro atoms. The van der Waals surface area contributed by atoms with Gasteiger partial charge in [-0.05, 0) is 42.8 Å². The SMILES string of the molecule is Cc1cc(NC(=O)CSc2nnc(-c3ccncc3)n2C)ccc1Br. The van der Waals surface area contributed by atoms with Gasteiger partial charge in [0, 0.05) is 35.2 Å². The smallest absolute Gasteiger partial charge is 0.234 e. The first-order valence-electron chi connectivity index (χ1n) is 7.53. The molecule has 1 aromatic carbocycles. The number of carbonyl (C=O) groups excluding carboxylic acids is 1. The van der Waals surface area contributed by atoms with Gasteiger partial charge in [-0.15, -0.1) is 10.2 Å². The van der Waals surface area contributed by atoms with E-state index in [1.165, 1.54) is 11.8 Å². The Hall–Kier alpha value is -2.19. The van der Waals surface area contributed by atoms with E-state index in [4.69, 9.17) is 0 Å². The first kappa shape index (κ1) is 17.6. The van der Waals surface area contributed by atoms with Gasteiger partial charge in [-0.3, -0.25) is 9.78 Å². The van der Waals surface area contributed by atoms with Crippen LogP contribution in [0.3, 0.4) is 0 Å². The third kappa shape index (κ3) is 4.26. The molecule has 8 heteroatoms. The van der Waals surface area contributed by atoms with E-state index >= 15 is 0 Å². The Morgan fingerprint density at radius 2 is 2.00 bits per heavy atom. The van der Waals surface area contributed by atoms with Crippen molar-refractivity contribution in [1.82, 2.24) is 19.7 Å². The van der Waals surface area contributed by atoms with Crippen molar-refractivity contribution in [1.29, 1.82) is 0 Å². The lowest BCUT2D eigenvalue weighted by atomic mass is 10.2. The van der Waals surface area contributed by atoms with E-state index in [0.29, 0.717) is 5.16 Å². The van der Waals surface area contributed by atoms with Gasteiger partial charge >= 0.3 is 0 Å². The summed E-state index contributed by atoms with van der Waals surface area (Å²) in [6.07, 6.45) is 3.43. The van der Waals surface area contributed by atoms with Gasteiger partial charge in [-0.2, -0.15) is 0 Å². The van der Waals surface area contributed by atoms with Crippen LogP contribution >= 0.6 is 27.7 Å². The summed E-state index contributed by atoms with van der Waals surface area (Å²) < 4.78 is 2.89. The molecule has 0 unspecified atom stereocenters. The minimum Gasteiger partial charge on any atom is -0.325 e. The number of benzene rings is 1. The molecule has 0 atom stereocenters. The number of carbonyl (C=O) groups is 1. The molecule has 0 saturated heterocycles. The lowest BCUT2D eigenvalue weighted by molar-refractivity contribution is -0.113. The van der Waals surface area contributed by atoms with E-state index in [1.54, 1.807) is 12.4 Å². The van der Waals surface area contributed by atoms with Crippen LogP contribution in [0, 0.1) is 6.92 Å². The number of halogens is 1. The van der Waals surface area contributed by atoms with Gasteiger partial charge in [-0.25, -0.2) is 0 Å². The quantitative estimate of drug-likeness (QED) is 0.640. The zero-order valence-corrected chi connectivity index (χ0v) is 16.1. The molecule has 0 aliphatic carbocycles. The summed E-state index contributed by atoms with van der Waals surface area (Å²) in [6, 6.07) is 9.46. The maximum atomic E-state index is 12.2. The molecule has 3 aromatic rings. The predicted octanol–water partition coefficient (Wildman–Crippen LogP) is 3.68. The fourth-order valence-electron chi connectivity index (χ4n) is 2.24. The molecule has 2 aromatic heterocycles. The molecular weight excluding hydrogens is 402 g/mol. The second-order valence-electron chi connectivity index (χ2n) is 5.40. The lowest BCUT2D eigenvalue weighted by Crippen LogP contribution is -2.14. The minimum absolute atomic E-state index is 0.0832. The van der Waals surface area contributed by atoms with Crippen LogP contribution in [0.2, 0.25) is 0 Å². The molecule has 25 heavy (non-hydrogen) atoms. The van der Waals surface area contributed by atoms with Gasteiger partial charge in [-0.1, -0.05) is 27.7 Å². The number of aryl methyl sites for hydroxylation is 1. The molecule has 0 fully saturated rings. The number of hydrogen-bond donors (Lipinski definition) is 1. The van der Waals surface area contributed by atoms with Crippen LogP contribution in [-0.2, 0) is 11.8 Å². The molecular formula is C17H16BrN5OS. The number of thioether (sulfide) groups is 1. The van der Waals surface area contributed by atoms with E-state index in [0.717, 1.165) is 27.1 Å². The number of aromatic nitrogens is 4. The average Bonchev–Trinajstić information content (AvgIpc) is 2.98. The molecule has 3 rings (SSSR count). The molecule has 0 saturated carbocycles. The standard InChI is InChI=1S/C17H16BrN5OS/c1-11-9-13(3-4-14(11)18)20-15(24)10-25-17-22-21-16(23(17)2)12-5-7-19-8-6-12/h3-9H,10H2,1-2H3,(H,20,24). The Labute approximate surface area is 158 Å². The second kappa shape index (κ2) is 7.79. The Morgan fingerprint density at radius 3 is 2.72 bits per heavy atom. The number of hydrogen-bond acceptors (Lipinski definition) is 5. The maximum Gasteiger partial charge on any atom is 0.234 e. The van der Waals surface area contributed by atoms with Crippen molar-refractivity contribution < 1.29 is 4.79 Å². The van der Waals surface area contributed by atoms with Gasteiger partial charge in [0.15, 0.2) is 11.0 Å². The highest BCUT2D eigenvalue weighted by Crippen LogP contribution is 2.23. The van der Waals surface area contributed by atoms with E-state index in [9.17, 15) is 4.79 Å². The number of rotatable bonds is 5. The van der Waals surface area contributed by atoms with Crippen LogP contribution in [0.15, 0.2) is 52.4 Å². The van der Waals surface area contributed by atoms with Crippen LogP contribution in [0.5, 0.6) is 0 Å². The van der Waals surface area contributed by atoms with Crippen LogP contribution < -0.4 is 5.32 Å². The highest BCUT2D eigenvalue weighted by Gasteiger charge is 2.13. The largest absolute Gasteiger partial charge is 0.325 e. The fraction of sp³-hybridized carbons (Fsp3) is 0.176. The molecule has 0 aliphatic rings. The van der Waals surface area contributed by atoms with Gasteiger partial charge in [0.05, 0.1) is 5.75 Å². The maximum absolute atomic E-state index is 12.2. The van der Waals surface area contributed by atoms with E-state index < -0.39 is 0 Å². The number of amides is 1. The zero-order chi connectivity index (χ0) is 17.8. The van der Waals surface area contributed by atoms with Crippen molar-refractivity contribution >= 4 is 39.3 Å². The first-order chi connectivity index (χ1) is 12.0. The highest BCUT2D eigenvalue weighted by molar-refractivity contribution is 9.10. The van der Waals surface area contributed by atoms with Crippen molar-refractivity contribution in [2.45, 2.75) is 12.1 Å². The summed E-state index contributed by atoms with van der Waals surface area (Å²) in [4.78, 5) is 16.2. The summed E-state index contributed by atoms with van der Waals surface area (Å²) in [6.45, 7) is 1.98. The topological polar surface area (TPSA) is 72.7 Å². The molecule has 6 nitrogen and oxygen atoms in total. The molecule has 0 aliphatic heterocycles. The number of pyridine rings is 1. The van der Waals surface area contributed by atoms with Crippen LogP contribution in [-0.4, -0.2) is 31.4 Å². The highest BCUT2D eigenvalue weighted by atomic mass is 79.9. The van der Waals surface area contributed by atoms with E-state index in [2.05, 4.69) is 36.4 Å². The van der Waals surface area contributed by atoms with Crippen molar-refractivity contribution in [2.75, 3.05) is 11.1 Å². The van der Waals surface area contributed by atoms with E-state index in [1.807, 2.05) is 48.9 Å². The van der Waals surface area contributed by atoms with Gasteiger partial charge in [0.1, 0.15) is 0 Å². The van der Waals surface area contributed by atoms with Gasteiger partial charge in [0.2, 0.25) is 5.91 Å². The van der Waals surface area contributed by atoms with Gasteiger partial charge < -0.3 is 9.88 Å². The average molecular weight is 418 g/mol. The van der Waals surface area contributed by atoms with Crippen molar-refractivity contribution in [3.8, 4) is 11.4 Å². The molecule has 1 N–H and O–H groups in total. The number of nitrogens with one attached hydrogen (secondary N) is 1. The lowest BCUT2D eigenvalue weighted by Gasteiger charge is -2.07. The predicted molar refractivity (Wildman–Crippen MR) is 102 cm³/mol. The fourth-order valence-corrected chi connectivity index (χ4v) is 3.20. The molecule has 0 bridgehead atoms. The third-order valence-corrected chi connectivity index (χ3v) is 5.46. The molecule has 1 amide bonds. The molecule has 2 heterocycles. The van der Waals surface area contributed by atoms with Crippen LogP contribution in [0.4, 0.5) is 5.69 Å². The van der Waals surface area contributed by atoms with Crippen LogP contribution in [0.25, 0.3) is 11.4 Å². The summed E-state index contributed by atoms with van der Waals surface area (Å²) in [5.41, 5.74) is 2.79. The second-order valence-corrected chi connectivity index (χ2v) is 7.20. The Morgan fingerprint density at radius 1 is 1.24 bits per heavy atom. The molecule has 0 radical (unpaired) electrons. The summed E-state index contributed by atoms with van der Waals surface area (Å²) in [5, 5.41) is 11.9. The van der Waals surface area contributed by atoms with Crippen molar-refractivity contribution in [3.63, 3.8) is 0 Å². The normalized spacial score (nSPS) is 10.7. The first-order valence-corrected chi connectivity index (χ1v) is 9.31. The van der Waals surface area contributed by atoms with E-state index in [-0.39, 0.29) is 11.7 Å². The Kier molecular flexibility index (Phi) is 5.50. The monoisotopic (exact) mass is 417 g/mol. The van der Waals surface area contributed by atoms with Crippen molar-refractivity contribution in [2.24, 2.45) is 7.05 Å². The summed E-state index contributed by atoms with van der Waals surface area (Å²) in [7, 11) is 1.88. The summed E-state index contributed by atoms with van der Waals surface area (Å²) >= 11 is 4.80. The number of nitrogens with zero attached hydrogens (tertiary/aromatic N) is 4. The Balaban J connectivity index is 1.63. The zero-order valence-electron chi connectivity index (χ0n) is 13.7. The third-order valence-electron chi connectivity index (χ3n) is 3.55. The van der Waals surface area contributed by atoms with Crippen LogP contribution in [0.1, 0.15) is 5.56 Å². The summed E-state index contributed by atoms with van der Waals surface area (Å²) in [5.74, 6) is 0.922. The minimum atomic E-state index is -0.0832. The molecule has 128 valence electrons. The van der Waals surface area contributed by atoms with Crippen molar-refractivity contribution in [3.05, 3.63) is 52.8 Å².